The van der Waals surface area contributed by atoms with Crippen LogP contribution in [0.15, 0.2) is 101 Å². The number of hydrogen-bond acceptors (Lipinski definition) is 20. The molecule has 482 valence electrons. The number of ketones is 1. The van der Waals surface area contributed by atoms with E-state index in [0.717, 1.165) is 13.8 Å². The van der Waals surface area contributed by atoms with E-state index in [2.05, 4.69) is 15.7 Å². The van der Waals surface area contributed by atoms with Crippen molar-refractivity contribution in [3.63, 3.8) is 0 Å². The maximum atomic E-state index is 16.4. The number of rotatable bonds is 22. The molecule has 3 amide bonds. The highest BCUT2D eigenvalue weighted by molar-refractivity contribution is 6.12. The van der Waals surface area contributed by atoms with Gasteiger partial charge in [0.15, 0.2) is 17.5 Å². The van der Waals surface area contributed by atoms with Gasteiger partial charge in [0, 0.05) is 62.6 Å². The SMILES string of the molecule is CC(=O)O[C@H]1C(=O)[C@]2(C)[C@@H](OC(=O)CC(C)C)C[C@H]3OC[C@@]3(OC(C)=O)[C@H]2[C@H](OC(=O)c2ccccc2)[C@]2(O)C[C@H](OC(=O)[C@H](OC(=O)CC(C)C)[C@@H](NC(=O)[C@@H](CCC(=O)O)NC(=O)c3ccc(N4N=C(C)CC4=O)cc3)c3ccccc3)C(C)=C1C2(C)C. The normalized spacial score (nSPS) is 26.7. The number of hydrogen-bond donors (Lipinski definition) is 4. The van der Waals surface area contributed by atoms with Crippen LogP contribution in [0.25, 0.3) is 0 Å². The highest BCUT2D eigenvalue weighted by atomic mass is 16.6. The monoisotopic (exact) mass is 1250 g/mol. The second kappa shape index (κ2) is 26.8. The zero-order chi connectivity index (χ0) is 65.9. The summed E-state index contributed by atoms with van der Waals surface area (Å²) < 4.78 is 43.9. The lowest BCUT2D eigenvalue weighted by atomic mass is 9.44. The van der Waals surface area contributed by atoms with E-state index in [1.807, 2.05) is 0 Å². The van der Waals surface area contributed by atoms with E-state index < -0.39 is 162 Å². The van der Waals surface area contributed by atoms with Gasteiger partial charge in [-0.25, -0.2) is 14.6 Å². The first-order chi connectivity index (χ1) is 42.3. The van der Waals surface area contributed by atoms with Crippen molar-refractivity contribution in [2.24, 2.45) is 33.7 Å². The Hall–Kier alpha value is -8.64. The maximum Gasteiger partial charge on any atom is 0.350 e. The predicted octanol–water partition coefficient (Wildman–Crippen LogP) is 6.39. The van der Waals surface area contributed by atoms with Crippen LogP contribution in [0.1, 0.15) is 153 Å². The second-order valence-electron chi connectivity index (χ2n) is 25.4. The zero-order valence-electron chi connectivity index (χ0n) is 52.2. The summed E-state index contributed by atoms with van der Waals surface area (Å²) in [4.78, 5) is 155. The van der Waals surface area contributed by atoms with E-state index in [1.54, 1.807) is 71.0 Å². The number of fused-ring (bicyclic) bond motifs is 5. The fraction of sp³-hybridized carbons (Fsp3) is 0.515. The van der Waals surface area contributed by atoms with Crippen molar-refractivity contribution in [1.82, 2.24) is 10.6 Å². The molecule has 3 fully saturated rings. The molecule has 1 saturated heterocycles. The number of anilines is 1. The van der Waals surface area contributed by atoms with Gasteiger partial charge in [-0.2, -0.15) is 5.10 Å². The largest absolute Gasteiger partial charge is 0.481 e. The van der Waals surface area contributed by atoms with E-state index in [4.69, 9.17) is 33.2 Å². The molecule has 4 N–H and O–H groups in total. The molecule has 2 bridgehead atoms. The van der Waals surface area contributed by atoms with Gasteiger partial charge in [-0.15, -0.1) is 0 Å². The minimum Gasteiger partial charge on any atom is -0.481 e. The third-order valence-electron chi connectivity index (χ3n) is 17.6. The van der Waals surface area contributed by atoms with Crippen molar-refractivity contribution in [3.8, 4) is 0 Å². The lowest BCUT2D eigenvalue weighted by Crippen LogP contribution is -2.82. The highest BCUT2D eigenvalue weighted by Crippen LogP contribution is 2.65. The van der Waals surface area contributed by atoms with Gasteiger partial charge in [0.05, 0.1) is 35.6 Å². The average Bonchev–Trinajstić information content (AvgIpc) is 0.707. The molecule has 3 aliphatic carbocycles. The molecular formula is C66H78N4O20. The van der Waals surface area contributed by atoms with Crippen molar-refractivity contribution in [1.29, 1.82) is 0 Å². The summed E-state index contributed by atoms with van der Waals surface area (Å²) in [6.45, 7) is 16.3. The Labute approximate surface area is 520 Å². The minimum atomic E-state index is -2.61. The molecule has 0 spiro atoms. The molecule has 0 unspecified atom stereocenters. The summed E-state index contributed by atoms with van der Waals surface area (Å²) in [5, 5.41) is 34.9. The molecule has 2 aliphatic heterocycles. The summed E-state index contributed by atoms with van der Waals surface area (Å²) in [6.07, 6.45) is -12.9. The van der Waals surface area contributed by atoms with Gasteiger partial charge >= 0.3 is 41.8 Å². The van der Waals surface area contributed by atoms with Gasteiger partial charge in [-0.05, 0) is 92.1 Å². The van der Waals surface area contributed by atoms with Crippen LogP contribution in [0.3, 0.4) is 0 Å². The number of hydrazone groups is 1. The topological polar surface area (TPSA) is 332 Å². The molecular weight excluding hydrogens is 1170 g/mol. The van der Waals surface area contributed by atoms with Crippen LogP contribution >= 0.6 is 0 Å². The number of nitrogens with one attached hydrogen (secondary N) is 2. The lowest BCUT2D eigenvalue weighted by Gasteiger charge is -2.67. The van der Waals surface area contributed by atoms with Crippen molar-refractivity contribution in [3.05, 3.63) is 113 Å². The number of carbonyl (C=O) groups excluding carboxylic acids is 10. The Kier molecular flexibility index (Phi) is 20.1. The first-order valence-corrected chi connectivity index (χ1v) is 30.0. The maximum absolute atomic E-state index is 16.4. The summed E-state index contributed by atoms with van der Waals surface area (Å²) in [6, 6.07) is 17.7. The highest BCUT2D eigenvalue weighted by Gasteiger charge is 2.79. The summed E-state index contributed by atoms with van der Waals surface area (Å²) in [5.41, 5.74) is -7.61. The number of aliphatic carboxylic acids is 1. The molecule has 0 radical (unpaired) electrons. The van der Waals surface area contributed by atoms with E-state index in [1.165, 1.54) is 81.2 Å². The Morgan fingerprint density at radius 3 is 1.94 bits per heavy atom. The van der Waals surface area contributed by atoms with Crippen molar-refractivity contribution < 1.29 is 96.1 Å². The number of carbonyl (C=O) groups is 11. The van der Waals surface area contributed by atoms with E-state index in [0.29, 0.717) is 11.4 Å². The summed E-state index contributed by atoms with van der Waals surface area (Å²) >= 11 is 0. The van der Waals surface area contributed by atoms with E-state index in [9.17, 15) is 53.4 Å². The van der Waals surface area contributed by atoms with Gasteiger partial charge in [-0.3, -0.25) is 43.2 Å². The van der Waals surface area contributed by atoms with Crippen LogP contribution in [0, 0.1) is 28.6 Å². The Bertz CT molecular complexity index is 3380. The number of benzene rings is 3. The van der Waals surface area contributed by atoms with E-state index >= 15 is 9.59 Å². The number of esters is 6. The number of carboxylic acids is 1. The van der Waals surface area contributed by atoms with Crippen LogP contribution in [0.4, 0.5) is 5.69 Å². The van der Waals surface area contributed by atoms with Crippen molar-refractivity contribution in [2.45, 2.75) is 181 Å². The quantitative estimate of drug-likeness (QED) is 0.0481. The average molecular weight is 1250 g/mol. The molecule has 0 aromatic heterocycles. The zero-order valence-corrected chi connectivity index (χ0v) is 52.2. The van der Waals surface area contributed by atoms with Gasteiger partial charge in [-0.1, -0.05) is 90.1 Å². The number of amides is 3. The number of nitrogens with zero attached hydrogens (tertiary/aromatic N) is 2. The van der Waals surface area contributed by atoms with Gasteiger partial charge in [0.25, 0.3) is 11.8 Å². The van der Waals surface area contributed by atoms with Crippen LogP contribution in [0.2, 0.25) is 0 Å². The number of Topliss-reactive ketones (excluding diaryl/α,β-unsaturated/α-hetero) is 1. The molecule has 2 saturated carbocycles. The predicted molar refractivity (Wildman–Crippen MR) is 318 cm³/mol. The third kappa shape index (κ3) is 13.6. The summed E-state index contributed by atoms with van der Waals surface area (Å²) in [5.74, 6) is -12.6. The van der Waals surface area contributed by atoms with Crippen molar-refractivity contribution >= 4 is 76.7 Å². The molecule has 2 heterocycles. The van der Waals surface area contributed by atoms with E-state index in [-0.39, 0.29) is 71.3 Å². The van der Waals surface area contributed by atoms with Gasteiger partial charge in [0.1, 0.15) is 42.1 Å². The Balaban J connectivity index is 1.26. The summed E-state index contributed by atoms with van der Waals surface area (Å²) in [7, 11) is 0. The molecule has 24 nitrogen and oxygen atoms in total. The molecule has 5 aliphatic rings. The van der Waals surface area contributed by atoms with Crippen LogP contribution in [0.5, 0.6) is 0 Å². The number of aliphatic hydroxyl groups is 1. The molecule has 3 aromatic carbocycles. The van der Waals surface area contributed by atoms with Gasteiger partial charge in [0.2, 0.25) is 12.0 Å². The van der Waals surface area contributed by atoms with Crippen LogP contribution in [-0.2, 0) is 76.3 Å². The third-order valence-corrected chi connectivity index (χ3v) is 17.6. The van der Waals surface area contributed by atoms with Crippen molar-refractivity contribution in [2.75, 3.05) is 11.6 Å². The first kappa shape index (κ1) is 67.3. The van der Waals surface area contributed by atoms with Crippen LogP contribution in [-0.4, -0.2) is 142 Å². The van der Waals surface area contributed by atoms with Crippen LogP contribution < -0.4 is 15.6 Å². The van der Waals surface area contributed by atoms with Gasteiger partial charge < -0.3 is 54.0 Å². The molecule has 90 heavy (non-hydrogen) atoms. The Morgan fingerprint density at radius 1 is 0.767 bits per heavy atom. The molecule has 24 heteroatoms. The number of carboxylic acid groups (broad SMARTS) is 1. The minimum absolute atomic E-state index is 0.0103. The first-order valence-electron chi connectivity index (χ1n) is 30.0. The molecule has 8 rings (SSSR count). The Morgan fingerprint density at radius 2 is 1.39 bits per heavy atom. The fourth-order valence-corrected chi connectivity index (χ4v) is 13.2. The fourth-order valence-electron chi connectivity index (χ4n) is 13.2. The lowest BCUT2D eigenvalue weighted by molar-refractivity contribution is -0.346. The number of ether oxygens (including phenoxy) is 7. The molecule has 12 atom stereocenters. The molecule has 3 aromatic rings. The smallest absolute Gasteiger partial charge is 0.350 e. The second-order valence-corrected chi connectivity index (χ2v) is 25.4. The standard InChI is InChI=1S/C66H78N4O20/c1-34(2)28-50(76)87-46-31-47-65(33-84-47,90-39(8)72)56-58(89-61(81)42-20-16-13-17-21-42)66(83)32-45(37(6)52(63(66,9)10)54(85-38(7)71)57(78)64(46,56)11)86-62(82)55(88-51(77)29-35(3)4)53(40-18-14-12-15-19-40)68-60(80)44(26-27-49(74)75)67-59(79)41-22-24-43(25-23-41)70-48(73)30-36(5)69-70/h12-25,34-35,44-47,53-56,58,83H,26-33H2,1-11H3,(H,67,79)(H,68,80)(H,74,75)/t44-,45+,46+,47-,53+,54-,55-,56+,58+,64-,65+,66-/m1/s1.